The van der Waals surface area contributed by atoms with Gasteiger partial charge in [-0.2, -0.15) is 0 Å². The fraction of sp³-hybridized carbons (Fsp3) is 0.263. The third kappa shape index (κ3) is 4.46. The number of benzene rings is 2. The fourth-order valence-electron chi connectivity index (χ4n) is 3.04. The summed E-state index contributed by atoms with van der Waals surface area (Å²) in [7, 11) is -3.69. The van der Waals surface area contributed by atoms with E-state index in [9.17, 15) is 18.0 Å². The van der Waals surface area contributed by atoms with Crippen molar-refractivity contribution in [2.75, 3.05) is 17.8 Å². The number of rotatable bonds is 5. The highest BCUT2D eigenvalue weighted by atomic mass is 32.2. The topological polar surface area (TPSA) is 104 Å². The van der Waals surface area contributed by atoms with E-state index in [0.717, 1.165) is 0 Å². The number of amides is 1. The second-order valence-corrected chi connectivity index (χ2v) is 8.11. The number of anilines is 1. The van der Waals surface area contributed by atoms with Crippen LogP contribution in [0.25, 0.3) is 0 Å². The molecule has 1 aliphatic rings. The van der Waals surface area contributed by atoms with Crippen molar-refractivity contribution in [2.45, 2.75) is 17.7 Å². The van der Waals surface area contributed by atoms with Crippen LogP contribution in [0.2, 0.25) is 0 Å². The molecule has 0 aliphatic carbocycles. The van der Waals surface area contributed by atoms with E-state index in [-0.39, 0.29) is 17.3 Å². The summed E-state index contributed by atoms with van der Waals surface area (Å²) in [6.07, 6.45) is 1.22. The van der Waals surface area contributed by atoms with Gasteiger partial charge in [0.15, 0.2) is 0 Å². The SMILES string of the molecule is O=C(O)C1CCCN(C(=O)c2ccc(NS(=O)(=O)c3ccccc3)cc2)C1. The Morgan fingerprint density at radius 3 is 2.33 bits per heavy atom. The maximum absolute atomic E-state index is 12.6. The molecule has 0 saturated carbocycles. The van der Waals surface area contributed by atoms with Gasteiger partial charge < -0.3 is 10.0 Å². The molecular formula is C19H20N2O5S. The highest BCUT2D eigenvalue weighted by Gasteiger charge is 2.28. The summed E-state index contributed by atoms with van der Waals surface area (Å²) in [4.78, 5) is 25.4. The molecule has 2 N–H and O–H groups in total. The zero-order valence-corrected chi connectivity index (χ0v) is 15.4. The second-order valence-electron chi connectivity index (χ2n) is 6.42. The van der Waals surface area contributed by atoms with Crippen LogP contribution in [-0.4, -0.2) is 43.4 Å². The van der Waals surface area contributed by atoms with Gasteiger partial charge in [0, 0.05) is 24.3 Å². The number of likely N-dealkylation sites (tertiary alicyclic amines) is 1. The van der Waals surface area contributed by atoms with Gasteiger partial charge in [-0.25, -0.2) is 8.42 Å². The first-order valence-electron chi connectivity index (χ1n) is 8.57. The van der Waals surface area contributed by atoms with Gasteiger partial charge in [-0.05, 0) is 49.2 Å². The van der Waals surface area contributed by atoms with Crippen LogP contribution in [0.5, 0.6) is 0 Å². The highest BCUT2D eigenvalue weighted by molar-refractivity contribution is 7.92. The van der Waals surface area contributed by atoms with Crippen molar-refractivity contribution in [3.05, 3.63) is 60.2 Å². The zero-order chi connectivity index (χ0) is 19.4. The third-order valence-corrected chi connectivity index (χ3v) is 5.89. The van der Waals surface area contributed by atoms with E-state index < -0.39 is 21.9 Å². The zero-order valence-electron chi connectivity index (χ0n) is 14.5. The van der Waals surface area contributed by atoms with Crippen molar-refractivity contribution >= 4 is 27.6 Å². The van der Waals surface area contributed by atoms with Gasteiger partial charge in [-0.3, -0.25) is 14.3 Å². The number of nitrogens with zero attached hydrogens (tertiary/aromatic N) is 1. The van der Waals surface area contributed by atoms with E-state index in [1.165, 1.54) is 41.3 Å². The Kier molecular flexibility index (Phi) is 5.46. The summed E-state index contributed by atoms with van der Waals surface area (Å²) < 4.78 is 27.1. The molecule has 1 atom stereocenters. The standard InChI is InChI=1S/C19H20N2O5S/c22-18(21-12-4-5-15(13-21)19(23)24)14-8-10-16(11-9-14)20-27(25,26)17-6-2-1-3-7-17/h1-3,6-11,15,20H,4-5,12-13H2,(H,23,24). The number of carboxylic acids is 1. The lowest BCUT2D eigenvalue weighted by atomic mass is 9.97. The van der Waals surface area contributed by atoms with Gasteiger partial charge in [-0.15, -0.1) is 0 Å². The second kappa shape index (κ2) is 7.79. The van der Waals surface area contributed by atoms with Crippen molar-refractivity contribution < 1.29 is 23.1 Å². The van der Waals surface area contributed by atoms with Crippen LogP contribution in [0, 0.1) is 5.92 Å². The lowest BCUT2D eigenvalue weighted by molar-refractivity contribution is -0.143. The first kappa shape index (κ1) is 18.9. The van der Waals surface area contributed by atoms with Gasteiger partial charge in [0.2, 0.25) is 0 Å². The van der Waals surface area contributed by atoms with Crippen LogP contribution in [-0.2, 0) is 14.8 Å². The number of carboxylic acid groups (broad SMARTS) is 1. The normalized spacial score (nSPS) is 17.3. The number of carbonyl (C=O) groups excluding carboxylic acids is 1. The van der Waals surface area contributed by atoms with Crippen LogP contribution < -0.4 is 4.72 Å². The summed E-state index contributed by atoms with van der Waals surface area (Å²) in [5.74, 6) is -1.68. The number of carbonyl (C=O) groups is 2. The molecule has 0 bridgehead atoms. The van der Waals surface area contributed by atoms with Crippen LogP contribution in [0.1, 0.15) is 23.2 Å². The largest absolute Gasteiger partial charge is 0.481 e. The lowest BCUT2D eigenvalue weighted by Crippen LogP contribution is -2.42. The molecule has 142 valence electrons. The Morgan fingerprint density at radius 2 is 1.70 bits per heavy atom. The smallest absolute Gasteiger partial charge is 0.308 e. The Bertz CT molecular complexity index is 926. The molecule has 0 aromatic heterocycles. The molecule has 1 saturated heterocycles. The van der Waals surface area contributed by atoms with Crippen molar-refractivity contribution in [1.29, 1.82) is 0 Å². The molecular weight excluding hydrogens is 368 g/mol. The first-order chi connectivity index (χ1) is 12.9. The quantitative estimate of drug-likeness (QED) is 0.819. The van der Waals surface area contributed by atoms with Crippen molar-refractivity contribution in [1.82, 2.24) is 4.90 Å². The van der Waals surface area contributed by atoms with Crippen LogP contribution in [0.4, 0.5) is 5.69 Å². The summed E-state index contributed by atoms with van der Waals surface area (Å²) in [5, 5.41) is 9.14. The Hall–Kier alpha value is -2.87. The number of hydrogen-bond donors (Lipinski definition) is 2. The minimum Gasteiger partial charge on any atom is -0.481 e. The van der Waals surface area contributed by atoms with Gasteiger partial charge >= 0.3 is 5.97 Å². The minimum absolute atomic E-state index is 0.151. The maximum Gasteiger partial charge on any atom is 0.308 e. The first-order valence-corrected chi connectivity index (χ1v) is 10.0. The molecule has 1 heterocycles. The van der Waals surface area contributed by atoms with E-state index in [1.54, 1.807) is 18.2 Å². The summed E-state index contributed by atoms with van der Waals surface area (Å²) in [6.45, 7) is 0.710. The average Bonchev–Trinajstić information content (AvgIpc) is 2.68. The average molecular weight is 388 g/mol. The van der Waals surface area contributed by atoms with Gasteiger partial charge in [0.1, 0.15) is 0 Å². The summed E-state index contributed by atoms with van der Waals surface area (Å²) >= 11 is 0. The Labute approximate surface area is 157 Å². The molecule has 27 heavy (non-hydrogen) atoms. The van der Waals surface area contributed by atoms with E-state index >= 15 is 0 Å². The van der Waals surface area contributed by atoms with E-state index in [2.05, 4.69) is 4.72 Å². The van der Waals surface area contributed by atoms with Crippen molar-refractivity contribution in [3.63, 3.8) is 0 Å². The van der Waals surface area contributed by atoms with Crippen molar-refractivity contribution in [2.24, 2.45) is 5.92 Å². The Balaban J connectivity index is 1.70. The minimum atomic E-state index is -3.69. The van der Waals surface area contributed by atoms with Crippen LogP contribution >= 0.6 is 0 Å². The molecule has 2 aromatic rings. The molecule has 1 amide bonds. The van der Waals surface area contributed by atoms with Crippen molar-refractivity contribution in [3.8, 4) is 0 Å². The molecule has 1 fully saturated rings. The monoisotopic (exact) mass is 388 g/mol. The van der Waals surface area contributed by atoms with Gasteiger partial charge in [0.25, 0.3) is 15.9 Å². The van der Waals surface area contributed by atoms with E-state index in [0.29, 0.717) is 30.6 Å². The number of aliphatic carboxylic acids is 1. The van der Waals surface area contributed by atoms with Gasteiger partial charge in [0.05, 0.1) is 10.8 Å². The number of piperidine rings is 1. The summed E-state index contributed by atoms with van der Waals surface area (Å²) in [5.41, 5.74) is 0.737. The molecule has 2 aromatic carbocycles. The predicted molar refractivity (Wildman–Crippen MR) is 100.0 cm³/mol. The molecule has 3 rings (SSSR count). The number of sulfonamides is 1. The van der Waals surface area contributed by atoms with Crippen LogP contribution in [0.3, 0.4) is 0 Å². The Morgan fingerprint density at radius 1 is 1.04 bits per heavy atom. The molecule has 8 heteroatoms. The molecule has 7 nitrogen and oxygen atoms in total. The third-order valence-electron chi connectivity index (χ3n) is 4.50. The molecule has 1 aliphatic heterocycles. The molecule has 0 spiro atoms. The number of nitrogens with one attached hydrogen (secondary N) is 1. The fourth-order valence-corrected chi connectivity index (χ4v) is 4.12. The highest BCUT2D eigenvalue weighted by Crippen LogP contribution is 2.21. The molecule has 1 unspecified atom stereocenters. The lowest BCUT2D eigenvalue weighted by Gasteiger charge is -2.30. The molecule has 0 radical (unpaired) electrons. The van der Waals surface area contributed by atoms with Gasteiger partial charge in [-0.1, -0.05) is 18.2 Å². The van der Waals surface area contributed by atoms with Crippen LogP contribution in [0.15, 0.2) is 59.5 Å². The summed E-state index contributed by atoms with van der Waals surface area (Å²) in [6, 6.07) is 14.1. The predicted octanol–water partition coefficient (Wildman–Crippen LogP) is 2.42. The maximum atomic E-state index is 12.6. The number of hydrogen-bond acceptors (Lipinski definition) is 4. The van der Waals surface area contributed by atoms with E-state index in [4.69, 9.17) is 5.11 Å². The van der Waals surface area contributed by atoms with E-state index in [1.807, 2.05) is 0 Å².